The first-order valence-electron chi connectivity index (χ1n) is 5.26. The molecule has 86 valence electrons. The zero-order valence-corrected chi connectivity index (χ0v) is 10.7. The predicted octanol–water partition coefficient (Wildman–Crippen LogP) is 3.93. The van der Waals surface area contributed by atoms with Crippen molar-refractivity contribution >= 4 is 28.6 Å². The fourth-order valence-electron chi connectivity index (χ4n) is 1.56. The summed E-state index contributed by atoms with van der Waals surface area (Å²) in [7, 11) is 0. The lowest BCUT2D eigenvalue weighted by Crippen LogP contribution is -2.05. The topological polar surface area (TPSA) is 35.8 Å². The van der Waals surface area contributed by atoms with Crippen molar-refractivity contribution in [1.82, 2.24) is 0 Å². The summed E-state index contributed by atoms with van der Waals surface area (Å²) in [5.41, 5.74) is 1.32. The van der Waals surface area contributed by atoms with Crippen molar-refractivity contribution in [3.05, 3.63) is 51.2 Å². The molecule has 1 aromatic carbocycles. The maximum Gasteiger partial charge on any atom is 0.103 e. The van der Waals surface area contributed by atoms with Crippen molar-refractivity contribution in [3.8, 4) is 6.07 Å². The Labute approximate surface area is 109 Å². The van der Waals surface area contributed by atoms with Gasteiger partial charge in [-0.3, -0.25) is 0 Å². The van der Waals surface area contributed by atoms with Gasteiger partial charge in [0, 0.05) is 11.4 Å². The van der Waals surface area contributed by atoms with Crippen molar-refractivity contribution in [2.24, 2.45) is 0 Å². The Morgan fingerprint density at radius 1 is 1.29 bits per heavy atom. The molecule has 0 unspecified atom stereocenters. The molecule has 2 aromatic rings. The molecular weight excluding hydrogens is 252 g/mol. The minimum Gasteiger partial charge on any atom is -0.384 e. The van der Waals surface area contributed by atoms with Gasteiger partial charge in [0.25, 0.3) is 0 Å². The summed E-state index contributed by atoms with van der Waals surface area (Å²) in [6.45, 7) is 0.801. The molecule has 2 nitrogen and oxygen atoms in total. The van der Waals surface area contributed by atoms with Gasteiger partial charge >= 0.3 is 0 Å². The average molecular weight is 263 g/mol. The van der Waals surface area contributed by atoms with Gasteiger partial charge in [-0.05, 0) is 30.0 Å². The van der Waals surface area contributed by atoms with Crippen LogP contribution in [0.15, 0.2) is 35.7 Å². The second-order valence-electron chi connectivity index (χ2n) is 3.53. The molecule has 2 rings (SSSR count). The largest absolute Gasteiger partial charge is 0.384 e. The average Bonchev–Trinajstić information content (AvgIpc) is 2.82. The standard InChI is InChI=1S/C13H11ClN2S/c14-12-4-1-5-13(11(12)9-15)16-7-6-10-3-2-8-17-10/h1-5,8,16H,6-7H2. The minimum absolute atomic E-state index is 0.494. The van der Waals surface area contributed by atoms with E-state index in [0.717, 1.165) is 18.7 Å². The van der Waals surface area contributed by atoms with E-state index in [0.29, 0.717) is 10.6 Å². The van der Waals surface area contributed by atoms with Crippen LogP contribution in [-0.2, 0) is 6.42 Å². The van der Waals surface area contributed by atoms with E-state index in [1.165, 1.54) is 4.88 Å². The highest BCUT2D eigenvalue weighted by atomic mass is 35.5. The first kappa shape index (κ1) is 12.0. The van der Waals surface area contributed by atoms with Gasteiger partial charge in [-0.1, -0.05) is 23.7 Å². The Hall–Kier alpha value is -1.50. The lowest BCUT2D eigenvalue weighted by atomic mass is 10.2. The monoisotopic (exact) mass is 262 g/mol. The van der Waals surface area contributed by atoms with Crippen LogP contribution in [0.1, 0.15) is 10.4 Å². The van der Waals surface area contributed by atoms with Crippen molar-refractivity contribution in [2.75, 3.05) is 11.9 Å². The highest BCUT2D eigenvalue weighted by molar-refractivity contribution is 7.09. The van der Waals surface area contributed by atoms with Crippen LogP contribution in [0, 0.1) is 11.3 Å². The summed E-state index contributed by atoms with van der Waals surface area (Å²) in [4.78, 5) is 1.33. The van der Waals surface area contributed by atoms with Crippen LogP contribution in [0.2, 0.25) is 5.02 Å². The summed E-state index contributed by atoms with van der Waals surface area (Å²) in [6.07, 6.45) is 0.953. The van der Waals surface area contributed by atoms with E-state index in [1.54, 1.807) is 17.4 Å². The first-order chi connectivity index (χ1) is 8.31. The summed E-state index contributed by atoms with van der Waals surface area (Å²) in [6, 6.07) is 11.7. The highest BCUT2D eigenvalue weighted by Gasteiger charge is 2.05. The van der Waals surface area contributed by atoms with Crippen LogP contribution in [-0.4, -0.2) is 6.54 Å². The van der Waals surface area contributed by atoms with Crippen LogP contribution in [0.4, 0.5) is 5.69 Å². The Morgan fingerprint density at radius 3 is 2.88 bits per heavy atom. The van der Waals surface area contributed by atoms with Crippen LogP contribution >= 0.6 is 22.9 Å². The normalized spacial score (nSPS) is 9.88. The van der Waals surface area contributed by atoms with E-state index in [4.69, 9.17) is 16.9 Å². The lowest BCUT2D eigenvalue weighted by molar-refractivity contribution is 1.04. The smallest absolute Gasteiger partial charge is 0.103 e. The number of thiophene rings is 1. The van der Waals surface area contributed by atoms with E-state index in [1.807, 2.05) is 18.2 Å². The van der Waals surface area contributed by atoms with Crippen LogP contribution in [0.5, 0.6) is 0 Å². The highest BCUT2D eigenvalue weighted by Crippen LogP contribution is 2.23. The molecule has 0 spiro atoms. The zero-order valence-electron chi connectivity index (χ0n) is 9.11. The second kappa shape index (κ2) is 5.72. The summed E-state index contributed by atoms with van der Waals surface area (Å²) >= 11 is 7.69. The molecule has 0 radical (unpaired) electrons. The Kier molecular flexibility index (Phi) is 4.03. The van der Waals surface area contributed by atoms with E-state index in [-0.39, 0.29) is 0 Å². The number of nitrogens with zero attached hydrogens (tertiary/aromatic N) is 1. The molecule has 0 amide bonds. The van der Waals surface area contributed by atoms with Crippen LogP contribution in [0.25, 0.3) is 0 Å². The van der Waals surface area contributed by atoms with Gasteiger partial charge in [-0.25, -0.2) is 0 Å². The summed E-state index contributed by atoms with van der Waals surface area (Å²) in [5.74, 6) is 0. The SMILES string of the molecule is N#Cc1c(Cl)cccc1NCCc1cccs1. The molecular formula is C13H11ClN2S. The molecule has 0 aliphatic heterocycles. The molecule has 1 N–H and O–H groups in total. The fraction of sp³-hybridized carbons (Fsp3) is 0.154. The molecule has 0 bridgehead atoms. The molecule has 0 aliphatic rings. The van der Waals surface area contributed by atoms with E-state index >= 15 is 0 Å². The van der Waals surface area contributed by atoms with Gasteiger partial charge in [-0.15, -0.1) is 11.3 Å². The third-order valence-electron chi connectivity index (χ3n) is 2.39. The number of hydrogen-bond donors (Lipinski definition) is 1. The third kappa shape index (κ3) is 3.00. The number of nitriles is 1. The van der Waals surface area contributed by atoms with Crippen molar-refractivity contribution in [1.29, 1.82) is 5.26 Å². The number of benzene rings is 1. The van der Waals surface area contributed by atoms with E-state index < -0.39 is 0 Å². The maximum absolute atomic E-state index is 9.01. The minimum atomic E-state index is 0.494. The summed E-state index contributed by atoms with van der Waals surface area (Å²) < 4.78 is 0. The molecule has 0 fully saturated rings. The quantitative estimate of drug-likeness (QED) is 0.906. The molecule has 0 saturated carbocycles. The van der Waals surface area contributed by atoms with Crippen molar-refractivity contribution in [3.63, 3.8) is 0 Å². The summed E-state index contributed by atoms with van der Waals surface area (Å²) in [5, 5.41) is 14.8. The van der Waals surface area contributed by atoms with Gasteiger partial charge in [-0.2, -0.15) is 5.26 Å². The van der Waals surface area contributed by atoms with Crippen LogP contribution in [0.3, 0.4) is 0 Å². The predicted molar refractivity (Wildman–Crippen MR) is 72.7 cm³/mol. The van der Waals surface area contributed by atoms with Gasteiger partial charge in [0.05, 0.1) is 16.3 Å². The molecule has 1 aromatic heterocycles. The zero-order chi connectivity index (χ0) is 12.1. The van der Waals surface area contributed by atoms with Gasteiger partial charge in [0.1, 0.15) is 6.07 Å². The van der Waals surface area contributed by atoms with Crippen LogP contribution < -0.4 is 5.32 Å². The molecule has 17 heavy (non-hydrogen) atoms. The fourth-order valence-corrected chi connectivity index (χ4v) is 2.49. The Bertz CT molecular complexity index is 529. The molecule has 0 saturated heterocycles. The second-order valence-corrected chi connectivity index (χ2v) is 4.97. The number of nitrogens with one attached hydrogen (secondary N) is 1. The molecule has 1 heterocycles. The van der Waals surface area contributed by atoms with E-state index in [9.17, 15) is 0 Å². The number of halogens is 1. The third-order valence-corrected chi connectivity index (χ3v) is 3.64. The van der Waals surface area contributed by atoms with Gasteiger partial charge in [0.2, 0.25) is 0 Å². The number of hydrogen-bond acceptors (Lipinski definition) is 3. The number of anilines is 1. The number of rotatable bonds is 4. The van der Waals surface area contributed by atoms with Crippen molar-refractivity contribution < 1.29 is 0 Å². The van der Waals surface area contributed by atoms with Crippen molar-refractivity contribution in [2.45, 2.75) is 6.42 Å². The lowest BCUT2D eigenvalue weighted by Gasteiger charge is -2.08. The Morgan fingerprint density at radius 2 is 2.18 bits per heavy atom. The van der Waals surface area contributed by atoms with E-state index in [2.05, 4.69) is 22.8 Å². The maximum atomic E-state index is 9.01. The van der Waals surface area contributed by atoms with Gasteiger partial charge in [0.15, 0.2) is 0 Å². The molecule has 0 atom stereocenters. The van der Waals surface area contributed by atoms with Gasteiger partial charge < -0.3 is 5.32 Å². The first-order valence-corrected chi connectivity index (χ1v) is 6.52. The molecule has 0 aliphatic carbocycles. The Balaban J connectivity index is 2.00. The molecule has 4 heteroatoms.